The molecule has 1 amide bonds. The molecule has 0 aromatic heterocycles. The van der Waals surface area contributed by atoms with Crippen molar-refractivity contribution in [2.75, 3.05) is 6.54 Å². The Morgan fingerprint density at radius 1 is 1.13 bits per heavy atom. The van der Waals surface area contributed by atoms with Crippen molar-refractivity contribution in [1.82, 2.24) is 10.6 Å². The van der Waals surface area contributed by atoms with E-state index in [9.17, 15) is 22.4 Å². The number of aryl methyl sites for hydroxylation is 1. The van der Waals surface area contributed by atoms with Crippen molar-refractivity contribution in [3.63, 3.8) is 0 Å². The maximum Gasteiger partial charge on any atom is 0.416 e. The van der Waals surface area contributed by atoms with Crippen LogP contribution >= 0.6 is 11.6 Å². The van der Waals surface area contributed by atoms with Crippen molar-refractivity contribution in [3.05, 3.63) is 69.5 Å². The van der Waals surface area contributed by atoms with E-state index >= 15 is 0 Å². The largest absolute Gasteiger partial charge is 0.416 e. The summed E-state index contributed by atoms with van der Waals surface area (Å²) in [6.07, 6.45) is -1.01. The molecule has 168 valence electrons. The summed E-state index contributed by atoms with van der Waals surface area (Å²) in [5.41, 5.74) is 0.0417. The Morgan fingerprint density at radius 3 is 2.48 bits per heavy atom. The number of hydrogen-bond donors (Lipinski definition) is 2. The Hall–Kier alpha value is -2.12. The van der Waals surface area contributed by atoms with Gasteiger partial charge < -0.3 is 10.6 Å². The topological polar surface area (TPSA) is 41.1 Å². The Kier molecular flexibility index (Phi) is 7.59. The van der Waals surface area contributed by atoms with Crippen molar-refractivity contribution < 1.29 is 22.4 Å². The lowest BCUT2D eigenvalue weighted by Gasteiger charge is -2.29. The molecule has 1 aliphatic carbocycles. The molecule has 1 aliphatic rings. The summed E-state index contributed by atoms with van der Waals surface area (Å²) < 4.78 is 52.8. The zero-order valence-electron chi connectivity index (χ0n) is 17.2. The van der Waals surface area contributed by atoms with Gasteiger partial charge in [-0.25, -0.2) is 4.39 Å². The van der Waals surface area contributed by atoms with Crippen LogP contribution in [0.1, 0.15) is 52.7 Å². The van der Waals surface area contributed by atoms with Gasteiger partial charge in [-0.3, -0.25) is 4.79 Å². The number of carbonyl (C=O) groups is 1. The van der Waals surface area contributed by atoms with Crippen molar-refractivity contribution in [3.8, 4) is 0 Å². The van der Waals surface area contributed by atoms with Gasteiger partial charge in [0.15, 0.2) is 0 Å². The molecule has 0 heterocycles. The molecule has 0 radical (unpaired) electrons. The minimum Gasteiger partial charge on any atom is -0.352 e. The lowest BCUT2D eigenvalue weighted by atomic mass is 9.86. The monoisotopic (exact) mass is 456 g/mol. The Labute approximate surface area is 184 Å². The van der Waals surface area contributed by atoms with Crippen LogP contribution in [-0.2, 0) is 12.7 Å². The third kappa shape index (κ3) is 6.43. The van der Waals surface area contributed by atoms with E-state index in [0.717, 1.165) is 37.8 Å². The van der Waals surface area contributed by atoms with E-state index in [2.05, 4.69) is 10.6 Å². The minimum atomic E-state index is -4.49. The van der Waals surface area contributed by atoms with Crippen LogP contribution in [0.15, 0.2) is 36.4 Å². The molecule has 0 saturated heterocycles. The highest BCUT2D eigenvalue weighted by molar-refractivity contribution is 6.31. The molecule has 3 rings (SSSR count). The first kappa shape index (κ1) is 23.5. The number of amides is 1. The summed E-state index contributed by atoms with van der Waals surface area (Å²) in [5.74, 6) is -0.573. The fourth-order valence-corrected chi connectivity index (χ4v) is 4.17. The number of benzene rings is 2. The lowest BCUT2D eigenvalue weighted by molar-refractivity contribution is -0.137. The molecule has 0 unspecified atom stereocenters. The lowest BCUT2D eigenvalue weighted by Crippen LogP contribution is -2.37. The van der Waals surface area contributed by atoms with E-state index in [1.165, 1.54) is 19.1 Å². The van der Waals surface area contributed by atoms with Crippen molar-refractivity contribution in [2.45, 2.75) is 51.4 Å². The second kappa shape index (κ2) is 10.0. The first-order valence-corrected chi connectivity index (χ1v) is 10.6. The van der Waals surface area contributed by atoms with Crippen LogP contribution in [0.5, 0.6) is 0 Å². The molecule has 0 atom stereocenters. The quantitative estimate of drug-likeness (QED) is 0.532. The maximum atomic E-state index is 13.9. The van der Waals surface area contributed by atoms with Crippen LogP contribution in [0.2, 0.25) is 5.02 Å². The number of alkyl halides is 3. The van der Waals surface area contributed by atoms with Gasteiger partial charge in [0.25, 0.3) is 5.91 Å². The fourth-order valence-electron chi connectivity index (χ4n) is 3.94. The van der Waals surface area contributed by atoms with E-state index in [-0.39, 0.29) is 23.3 Å². The molecule has 2 aromatic carbocycles. The first-order valence-electron chi connectivity index (χ1n) is 10.3. The zero-order valence-corrected chi connectivity index (χ0v) is 17.9. The highest BCUT2D eigenvalue weighted by Gasteiger charge is 2.31. The molecular weight excluding hydrogens is 432 g/mol. The molecule has 0 spiro atoms. The van der Waals surface area contributed by atoms with Gasteiger partial charge in [-0.2, -0.15) is 13.2 Å². The van der Waals surface area contributed by atoms with Crippen LogP contribution in [0.3, 0.4) is 0 Å². The van der Waals surface area contributed by atoms with E-state index in [1.807, 2.05) is 0 Å². The van der Waals surface area contributed by atoms with E-state index < -0.39 is 17.6 Å². The second-order valence-electron chi connectivity index (χ2n) is 8.09. The van der Waals surface area contributed by atoms with Crippen molar-refractivity contribution in [2.24, 2.45) is 5.92 Å². The van der Waals surface area contributed by atoms with Crippen LogP contribution in [0.4, 0.5) is 17.6 Å². The van der Waals surface area contributed by atoms with Gasteiger partial charge in [-0.05, 0) is 74.4 Å². The van der Waals surface area contributed by atoms with E-state index in [0.29, 0.717) is 29.2 Å². The van der Waals surface area contributed by atoms with E-state index in [1.54, 1.807) is 12.1 Å². The molecule has 1 saturated carbocycles. The van der Waals surface area contributed by atoms with Gasteiger partial charge in [0.2, 0.25) is 0 Å². The van der Waals surface area contributed by atoms with Gasteiger partial charge >= 0.3 is 6.18 Å². The van der Waals surface area contributed by atoms with Crippen molar-refractivity contribution in [1.29, 1.82) is 0 Å². The predicted octanol–water partition coefficient (Wildman–Crippen LogP) is 5.88. The Bertz CT molecular complexity index is 904. The van der Waals surface area contributed by atoms with Gasteiger partial charge in [-0.1, -0.05) is 17.7 Å². The number of rotatable bonds is 6. The summed E-state index contributed by atoms with van der Waals surface area (Å²) in [6.45, 7) is 2.31. The highest BCUT2D eigenvalue weighted by Crippen LogP contribution is 2.31. The molecule has 31 heavy (non-hydrogen) atoms. The SMILES string of the molecule is Cc1cc(C(=O)NCC2CCC(NCc3c(F)cccc3Cl)CC2)cc(C(F)(F)F)c1. The molecule has 0 aliphatic heterocycles. The third-order valence-corrected chi connectivity index (χ3v) is 6.05. The average molecular weight is 457 g/mol. The van der Waals surface area contributed by atoms with Gasteiger partial charge in [0.05, 0.1) is 5.56 Å². The summed E-state index contributed by atoms with van der Waals surface area (Å²) in [4.78, 5) is 12.4. The standard InChI is InChI=1S/C23H25ClF4N2O/c1-14-9-16(11-17(10-14)23(26,27)28)22(31)30-12-15-5-7-18(8-6-15)29-13-19-20(24)3-2-4-21(19)25/h2-4,9-11,15,18,29H,5-8,12-13H2,1H3,(H,30,31). The van der Waals surface area contributed by atoms with Gasteiger partial charge in [0.1, 0.15) is 5.82 Å². The maximum absolute atomic E-state index is 13.9. The van der Waals surface area contributed by atoms with Crippen LogP contribution in [-0.4, -0.2) is 18.5 Å². The fraction of sp³-hybridized carbons (Fsp3) is 0.435. The zero-order chi connectivity index (χ0) is 22.6. The normalized spacial score (nSPS) is 19.3. The smallest absolute Gasteiger partial charge is 0.352 e. The highest BCUT2D eigenvalue weighted by atomic mass is 35.5. The van der Waals surface area contributed by atoms with Crippen LogP contribution in [0.25, 0.3) is 0 Å². The number of hydrogen-bond acceptors (Lipinski definition) is 2. The molecular formula is C23H25ClF4N2O. The van der Waals surface area contributed by atoms with Crippen molar-refractivity contribution >= 4 is 17.5 Å². The second-order valence-corrected chi connectivity index (χ2v) is 8.50. The number of halogens is 5. The Morgan fingerprint density at radius 2 is 1.84 bits per heavy atom. The predicted molar refractivity (Wildman–Crippen MR) is 113 cm³/mol. The molecule has 0 bridgehead atoms. The summed E-state index contributed by atoms with van der Waals surface area (Å²) in [5, 5.41) is 6.50. The summed E-state index contributed by atoms with van der Waals surface area (Å²) in [7, 11) is 0. The molecule has 2 N–H and O–H groups in total. The molecule has 8 heteroatoms. The third-order valence-electron chi connectivity index (χ3n) is 5.69. The number of carbonyl (C=O) groups excluding carboxylic acids is 1. The molecule has 1 fully saturated rings. The summed E-state index contributed by atoms with van der Waals surface area (Å²) >= 11 is 6.05. The summed E-state index contributed by atoms with van der Waals surface area (Å²) in [6, 6.07) is 8.22. The first-order chi connectivity index (χ1) is 14.6. The van der Waals surface area contributed by atoms with Crippen LogP contribution in [0, 0.1) is 18.7 Å². The number of nitrogens with one attached hydrogen (secondary N) is 2. The minimum absolute atomic E-state index is 0.0180. The van der Waals surface area contributed by atoms with E-state index in [4.69, 9.17) is 11.6 Å². The van der Waals surface area contributed by atoms with Crippen LogP contribution < -0.4 is 10.6 Å². The Balaban J connectivity index is 1.46. The molecule has 3 nitrogen and oxygen atoms in total. The molecule has 2 aromatic rings. The van der Waals surface area contributed by atoms with Gasteiger partial charge in [0, 0.05) is 35.3 Å². The van der Waals surface area contributed by atoms with Gasteiger partial charge in [-0.15, -0.1) is 0 Å². The average Bonchev–Trinajstić information content (AvgIpc) is 2.71.